The van der Waals surface area contributed by atoms with Crippen LogP contribution in [0, 0.1) is 0 Å². The zero-order valence-corrected chi connectivity index (χ0v) is 13.4. The standard InChI is InChI=1S/C15H27N5O/c1-4-20(5-2)14-17-13(16-3)18-15(19-14)21-12-10-8-6-7-9-11-12/h12H,4-11H2,1-3H3,(H,16,17,18,19). The van der Waals surface area contributed by atoms with Gasteiger partial charge in [0, 0.05) is 20.1 Å². The molecule has 0 saturated heterocycles. The van der Waals surface area contributed by atoms with Crippen LogP contribution in [0.2, 0.25) is 0 Å². The molecule has 1 heterocycles. The van der Waals surface area contributed by atoms with E-state index in [1.54, 1.807) is 0 Å². The Morgan fingerprint density at radius 1 is 1.05 bits per heavy atom. The van der Waals surface area contributed by atoms with Crippen molar-refractivity contribution < 1.29 is 4.74 Å². The molecule has 2 rings (SSSR count). The molecule has 0 aromatic carbocycles. The molecule has 1 aromatic rings. The van der Waals surface area contributed by atoms with Gasteiger partial charge >= 0.3 is 6.01 Å². The van der Waals surface area contributed by atoms with Crippen molar-refractivity contribution in [3.8, 4) is 6.01 Å². The van der Waals surface area contributed by atoms with Crippen molar-refractivity contribution in [1.29, 1.82) is 0 Å². The number of nitrogens with zero attached hydrogens (tertiary/aromatic N) is 4. The lowest BCUT2D eigenvalue weighted by molar-refractivity contribution is 0.168. The molecular formula is C15H27N5O. The Hall–Kier alpha value is -1.59. The molecule has 0 aliphatic heterocycles. The number of aromatic nitrogens is 3. The number of hydrogen-bond acceptors (Lipinski definition) is 6. The highest BCUT2D eigenvalue weighted by Gasteiger charge is 2.17. The fourth-order valence-corrected chi connectivity index (χ4v) is 2.67. The molecule has 1 aliphatic rings. The van der Waals surface area contributed by atoms with Gasteiger partial charge in [-0.1, -0.05) is 12.8 Å². The maximum Gasteiger partial charge on any atom is 0.323 e. The Kier molecular flexibility index (Phi) is 6.02. The van der Waals surface area contributed by atoms with E-state index in [0.29, 0.717) is 17.9 Å². The highest BCUT2D eigenvalue weighted by molar-refractivity contribution is 5.37. The maximum absolute atomic E-state index is 6.03. The van der Waals surface area contributed by atoms with Gasteiger partial charge in [0.05, 0.1) is 0 Å². The number of ether oxygens (including phenoxy) is 1. The molecule has 1 aliphatic carbocycles. The van der Waals surface area contributed by atoms with Gasteiger partial charge in [-0.3, -0.25) is 0 Å². The Labute approximate surface area is 127 Å². The first kappa shape index (κ1) is 15.8. The zero-order valence-electron chi connectivity index (χ0n) is 13.4. The molecule has 1 N–H and O–H groups in total. The second-order valence-corrected chi connectivity index (χ2v) is 5.40. The van der Waals surface area contributed by atoms with Gasteiger partial charge in [-0.05, 0) is 39.5 Å². The molecule has 1 aromatic heterocycles. The van der Waals surface area contributed by atoms with Gasteiger partial charge in [-0.2, -0.15) is 15.0 Å². The molecule has 0 atom stereocenters. The Bertz CT molecular complexity index is 428. The van der Waals surface area contributed by atoms with E-state index in [2.05, 4.69) is 39.0 Å². The number of rotatable bonds is 6. The van der Waals surface area contributed by atoms with E-state index in [1.807, 2.05) is 7.05 Å². The van der Waals surface area contributed by atoms with Crippen LogP contribution in [-0.4, -0.2) is 41.2 Å². The van der Waals surface area contributed by atoms with Crippen LogP contribution in [0.15, 0.2) is 0 Å². The van der Waals surface area contributed by atoms with Crippen LogP contribution < -0.4 is 15.0 Å². The van der Waals surface area contributed by atoms with Crippen molar-refractivity contribution in [1.82, 2.24) is 15.0 Å². The maximum atomic E-state index is 6.03. The van der Waals surface area contributed by atoms with Gasteiger partial charge in [-0.25, -0.2) is 0 Å². The normalized spacial score (nSPS) is 16.3. The third-order valence-electron chi connectivity index (χ3n) is 3.95. The molecule has 0 bridgehead atoms. The van der Waals surface area contributed by atoms with Gasteiger partial charge in [0.15, 0.2) is 0 Å². The van der Waals surface area contributed by atoms with Crippen molar-refractivity contribution >= 4 is 11.9 Å². The summed E-state index contributed by atoms with van der Waals surface area (Å²) in [5.74, 6) is 1.25. The van der Waals surface area contributed by atoms with Gasteiger partial charge < -0.3 is 15.0 Å². The summed E-state index contributed by atoms with van der Waals surface area (Å²) in [5, 5.41) is 2.99. The average Bonchev–Trinajstić information content (AvgIpc) is 2.77. The summed E-state index contributed by atoms with van der Waals surface area (Å²) in [7, 11) is 1.82. The average molecular weight is 293 g/mol. The van der Waals surface area contributed by atoms with Crippen LogP contribution in [0.5, 0.6) is 6.01 Å². The Morgan fingerprint density at radius 2 is 1.71 bits per heavy atom. The van der Waals surface area contributed by atoms with Crippen LogP contribution in [0.3, 0.4) is 0 Å². The summed E-state index contributed by atoms with van der Waals surface area (Å²) in [6.07, 6.45) is 7.52. The van der Waals surface area contributed by atoms with E-state index in [9.17, 15) is 0 Å². The lowest BCUT2D eigenvalue weighted by Crippen LogP contribution is -2.26. The van der Waals surface area contributed by atoms with Gasteiger partial charge in [0.25, 0.3) is 0 Å². The fourth-order valence-electron chi connectivity index (χ4n) is 2.67. The van der Waals surface area contributed by atoms with Gasteiger partial charge in [0.1, 0.15) is 6.10 Å². The molecule has 0 radical (unpaired) electrons. The van der Waals surface area contributed by atoms with E-state index in [-0.39, 0.29) is 6.10 Å². The molecule has 21 heavy (non-hydrogen) atoms. The SMILES string of the molecule is CCN(CC)c1nc(NC)nc(OC2CCCCCC2)n1. The first-order valence-electron chi connectivity index (χ1n) is 8.12. The summed E-state index contributed by atoms with van der Waals surface area (Å²) in [6.45, 7) is 5.93. The molecule has 6 nitrogen and oxygen atoms in total. The minimum atomic E-state index is 0.240. The van der Waals surface area contributed by atoms with Crippen molar-refractivity contribution in [3.05, 3.63) is 0 Å². The van der Waals surface area contributed by atoms with Crippen LogP contribution in [0.25, 0.3) is 0 Å². The summed E-state index contributed by atoms with van der Waals surface area (Å²) in [5.41, 5.74) is 0. The third-order valence-corrected chi connectivity index (χ3v) is 3.95. The first-order chi connectivity index (χ1) is 10.3. The van der Waals surface area contributed by atoms with Gasteiger partial charge in [0.2, 0.25) is 11.9 Å². The number of anilines is 2. The number of nitrogens with one attached hydrogen (secondary N) is 1. The lowest BCUT2D eigenvalue weighted by atomic mass is 10.2. The predicted molar refractivity (Wildman–Crippen MR) is 85.1 cm³/mol. The molecule has 0 unspecified atom stereocenters. The zero-order chi connectivity index (χ0) is 15.1. The third kappa shape index (κ3) is 4.44. The van der Waals surface area contributed by atoms with E-state index in [0.717, 1.165) is 25.9 Å². The highest BCUT2D eigenvalue weighted by Crippen LogP contribution is 2.22. The van der Waals surface area contributed by atoms with E-state index >= 15 is 0 Å². The van der Waals surface area contributed by atoms with Crippen molar-refractivity contribution in [2.45, 2.75) is 58.5 Å². The fraction of sp³-hybridized carbons (Fsp3) is 0.800. The van der Waals surface area contributed by atoms with Gasteiger partial charge in [-0.15, -0.1) is 0 Å². The summed E-state index contributed by atoms with van der Waals surface area (Å²) < 4.78 is 6.03. The van der Waals surface area contributed by atoms with Crippen LogP contribution in [-0.2, 0) is 0 Å². The molecule has 0 amide bonds. The van der Waals surface area contributed by atoms with Crippen molar-refractivity contribution in [2.75, 3.05) is 30.4 Å². The second kappa shape index (κ2) is 8.00. The summed E-state index contributed by atoms with van der Waals surface area (Å²) in [4.78, 5) is 15.4. The quantitative estimate of drug-likeness (QED) is 0.814. The van der Waals surface area contributed by atoms with E-state index < -0.39 is 0 Å². The highest BCUT2D eigenvalue weighted by atomic mass is 16.5. The molecule has 1 saturated carbocycles. The topological polar surface area (TPSA) is 63.2 Å². The van der Waals surface area contributed by atoms with Crippen molar-refractivity contribution in [2.24, 2.45) is 0 Å². The minimum Gasteiger partial charge on any atom is -0.460 e. The molecule has 6 heteroatoms. The molecule has 1 fully saturated rings. The number of hydrogen-bond donors (Lipinski definition) is 1. The smallest absolute Gasteiger partial charge is 0.323 e. The molecular weight excluding hydrogens is 266 g/mol. The second-order valence-electron chi connectivity index (χ2n) is 5.40. The largest absolute Gasteiger partial charge is 0.460 e. The Morgan fingerprint density at radius 3 is 2.29 bits per heavy atom. The van der Waals surface area contributed by atoms with Crippen LogP contribution in [0.1, 0.15) is 52.4 Å². The lowest BCUT2D eigenvalue weighted by Gasteiger charge is -2.21. The minimum absolute atomic E-state index is 0.240. The summed E-state index contributed by atoms with van der Waals surface area (Å²) in [6, 6.07) is 0.447. The van der Waals surface area contributed by atoms with Crippen molar-refractivity contribution in [3.63, 3.8) is 0 Å². The van der Waals surface area contributed by atoms with Crippen LogP contribution in [0.4, 0.5) is 11.9 Å². The molecule has 0 spiro atoms. The monoisotopic (exact) mass is 293 g/mol. The first-order valence-corrected chi connectivity index (χ1v) is 8.12. The van der Waals surface area contributed by atoms with Crippen LogP contribution >= 0.6 is 0 Å². The predicted octanol–water partition coefficient (Wildman–Crippen LogP) is 2.86. The summed E-state index contributed by atoms with van der Waals surface area (Å²) >= 11 is 0. The van der Waals surface area contributed by atoms with E-state index in [1.165, 1.54) is 25.7 Å². The molecule has 118 valence electrons. The Balaban J connectivity index is 2.15. The van der Waals surface area contributed by atoms with E-state index in [4.69, 9.17) is 4.74 Å².